The Balaban J connectivity index is 1.96. The molecule has 0 aliphatic carbocycles. The molecule has 7 nitrogen and oxygen atoms in total. The van der Waals surface area contributed by atoms with E-state index < -0.39 is 4.92 Å². The van der Waals surface area contributed by atoms with Crippen LogP contribution in [0.15, 0.2) is 66.7 Å². The van der Waals surface area contributed by atoms with Crippen LogP contribution in [0.4, 0.5) is 5.69 Å². The summed E-state index contributed by atoms with van der Waals surface area (Å²) in [5.41, 5.74) is 1.21. The third-order valence-electron chi connectivity index (χ3n) is 3.80. The zero-order valence-electron chi connectivity index (χ0n) is 14.8. The molecule has 3 rings (SSSR count). The van der Waals surface area contributed by atoms with Crippen LogP contribution in [0.3, 0.4) is 0 Å². The third kappa shape index (κ3) is 4.09. The lowest BCUT2D eigenvalue weighted by molar-refractivity contribution is -0.384. The Kier molecular flexibility index (Phi) is 5.12. The van der Waals surface area contributed by atoms with Crippen LogP contribution < -0.4 is 4.74 Å². The van der Waals surface area contributed by atoms with Crippen molar-refractivity contribution in [3.63, 3.8) is 0 Å². The number of hydrogen-bond acceptors (Lipinski definition) is 5. The predicted molar refractivity (Wildman–Crippen MR) is 101 cm³/mol. The molecule has 0 atom stereocenters. The van der Waals surface area contributed by atoms with Gasteiger partial charge in [0.1, 0.15) is 5.75 Å². The van der Waals surface area contributed by atoms with Crippen LogP contribution in [-0.4, -0.2) is 34.8 Å². The van der Waals surface area contributed by atoms with Crippen LogP contribution in [0.5, 0.6) is 11.6 Å². The van der Waals surface area contributed by atoms with Gasteiger partial charge in [-0.2, -0.15) is 0 Å². The summed E-state index contributed by atoms with van der Waals surface area (Å²) in [7, 11) is 3.33. The predicted octanol–water partition coefficient (Wildman–Crippen LogP) is 4.15. The molecule has 0 fully saturated rings. The summed E-state index contributed by atoms with van der Waals surface area (Å²) in [4.78, 5) is 28.7. The Labute approximate surface area is 156 Å². The highest BCUT2D eigenvalue weighted by atomic mass is 16.6. The molecule has 7 heteroatoms. The maximum atomic E-state index is 12.1. The molecule has 1 amide bonds. The first-order valence-electron chi connectivity index (χ1n) is 8.16. The number of ether oxygens (including phenoxy) is 1. The van der Waals surface area contributed by atoms with Gasteiger partial charge < -0.3 is 9.64 Å². The second kappa shape index (κ2) is 7.65. The summed E-state index contributed by atoms with van der Waals surface area (Å²) in [5.74, 6) is 0.471. The average Bonchev–Trinajstić information content (AvgIpc) is 2.68. The van der Waals surface area contributed by atoms with Crippen LogP contribution >= 0.6 is 0 Å². The van der Waals surface area contributed by atoms with Gasteiger partial charge >= 0.3 is 0 Å². The second-order valence-corrected chi connectivity index (χ2v) is 5.97. The highest BCUT2D eigenvalue weighted by Gasteiger charge is 2.18. The monoisotopic (exact) mass is 363 g/mol. The summed E-state index contributed by atoms with van der Waals surface area (Å²) in [6, 6.07) is 18.4. The number of pyridine rings is 1. The Bertz CT molecular complexity index is 988. The summed E-state index contributed by atoms with van der Waals surface area (Å²) >= 11 is 0. The van der Waals surface area contributed by atoms with Gasteiger partial charge in [-0.05, 0) is 18.2 Å². The summed E-state index contributed by atoms with van der Waals surface area (Å²) < 4.78 is 5.74. The van der Waals surface area contributed by atoms with Crippen molar-refractivity contribution in [2.75, 3.05) is 14.1 Å². The Morgan fingerprint density at radius 1 is 1.04 bits per heavy atom. The molecule has 0 aliphatic heterocycles. The van der Waals surface area contributed by atoms with Crippen molar-refractivity contribution in [3.05, 3.63) is 82.4 Å². The minimum Gasteiger partial charge on any atom is -0.439 e. The average molecular weight is 363 g/mol. The van der Waals surface area contributed by atoms with E-state index in [9.17, 15) is 14.9 Å². The van der Waals surface area contributed by atoms with Crippen molar-refractivity contribution in [1.29, 1.82) is 0 Å². The molecule has 1 aromatic heterocycles. The molecule has 3 aromatic rings. The molecular weight excluding hydrogens is 346 g/mol. The van der Waals surface area contributed by atoms with E-state index in [0.717, 1.165) is 0 Å². The standard InChI is InChI=1S/C20H17N3O4/c1-22(2)20(24)15-9-6-10-16(13-15)27-18-12-11-17(23(25)26)19(21-18)14-7-4-3-5-8-14/h3-13H,1-2H3. The Morgan fingerprint density at radius 3 is 2.44 bits per heavy atom. The van der Waals surface area contributed by atoms with Gasteiger partial charge in [-0.25, -0.2) is 4.98 Å². The number of hydrogen-bond donors (Lipinski definition) is 0. The molecule has 0 aliphatic rings. The maximum absolute atomic E-state index is 12.1. The fraction of sp³-hybridized carbons (Fsp3) is 0.100. The van der Waals surface area contributed by atoms with Crippen molar-refractivity contribution >= 4 is 11.6 Å². The number of nitro groups is 1. The number of nitrogens with zero attached hydrogens (tertiary/aromatic N) is 3. The van der Waals surface area contributed by atoms with E-state index in [2.05, 4.69) is 4.98 Å². The molecule has 0 N–H and O–H groups in total. The zero-order chi connectivity index (χ0) is 19.4. The molecule has 2 aromatic carbocycles. The van der Waals surface area contributed by atoms with Gasteiger partial charge in [0.25, 0.3) is 11.6 Å². The first-order valence-corrected chi connectivity index (χ1v) is 8.16. The molecule has 0 radical (unpaired) electrons. The molecule has 27 heavy (non-hydrogen) atoms. The van der Waals surface area contributed by atoms with E-state index in [0.29, 0.717) is 16.9 Å². The molecular formula is C20H17N3O4. The molecule has 0 saturated carbocycles. The minimum absolute atomic E-state index is 0.106. The van der Waals surface area contributed by atoms with E-state index in [1.165, 1.54) is 17.0 Å². The van der Waals surface area contributed by atoms with Crippen LogP contribution in [0.2, 0.25) is 0 Å². The molecule has 0 saturated heterocycles. The SMILES string of the molecule is CN(C)C(=O)c1cccc(Oc2ccc([N+](=O)[O-])c(-c3ccccc3)n2)c1. The van der Waals surface area contributed by atoms with Crippen molar-refractivity contribution in [2.24, 2.45) is 0 Å². The number of rotatable bonds is 5. The lowest BCUT2D eigenvalue weighted by atomic mass is 10.1. The van der Waals surface area contributed by atoms with Crippen LogP contribution in [-0.2, 0) is 0 Å². The Hall–Kier alpha value is -3.74. The smallest absolute Gasteiger partial charge is 0.295 e. The lowest BCUT2D eigenvalue weighted by Gasteiger charge is -2.12. The van der Waals surface area contributed by atoms with Crippen LogP contribution in [0.1, 0.15) is 10.4 Å². The van der Waals surface area contributed by atoms with Crippen molar-refractivity contribution in [2.45, 2.75) is 0 Å². The minimum atomic E-state index is -0.477. The van der Waals surface area contributed by atoms with Crippen LogP contribution in [0, 0.1) is 10.1 Å². The van der Waals surface area contributed by atoms with E-state index >= 15 is 0 Å². The summed E-state index contributed by atoms with van der Waals surface area (Å²) in [5, 5.41) is 11.3. The quantitative estimate of drug-likeness (QED) is 0.502. The molecule has 0 bridgehead atoms. The fourth-order valence-electron chi connectivity index (χ4n) is 2.52. The summed E-state index contributed by atoms with van der Waals surface area (Å²) in [6.07, 6.45) is 0. The van der Waals surface area contributed by atoms with E-state index in [1.807, 2.05) is 6.07 Å². The van der Waals surface area contributed by atoms with Gasteiger partial charge in [-0.3, -0.25) is 14.9 Å². The zero-order valence-corrected chi connectivity index (χ0v) is 14.8. The highest BCUT2D eigenvalue weighted by Crippen LogP contribution is 2.31. The van der Waals surface area contributed by atoms with Gasteiger partial charge in [-0.1, -0.05) is 36.4 Å². The largest absolute Gasteiger partial charge is 0.439 e. The van der Waals surface area contributed by atoms with Gasteiger partial charge in [0.15, 0.2) is 5.69 Å². The second-order valence-electron chi connectivity index (χ2n) is 5.97. The normalized spacial score (nSPS) is 10.3. The molecule has 136 valence electrons. The van der Waals surface area contributed by atoms with Gasteiger partial charge in [-0.15, -0.1) is 0 Å². The lowest BCUT2D eigenvalue weighted by Crippen LogP contribution is -2.21. The van der Waals surface area contributed by atoms with Gasteiger partial charge in [0, 0.05) is 37.4 Å². The van der Waals surface area contributed by atoms with Crippen molar-refractivity contribution < 1.29 is 14.5 Å². The van der Waals surface area contributed by atoms with E-state index in [-0.39, 0.29) is 23.2 Å². The van der Waals surface area contributed by atoms with E-state index in [4.69, 9.17) is 4.74 Å². The fourth-order valence-corrected chi connectivity index (χ4v) is 2.52. The molecule has 1 heterocycles. The number of aromatic nitrogens is 1. The summed E-state index contributed by atoms with van der Waals surface area (Å²) in [6.45, 7) is 0. The van der Waals surface area contributed by atoms with Gasteiger partial charge in [0.05, 0.1) is 4.92 Å². The molecule has 0 unspecified atom stereocenters. The number of carbonyl (C=O) groups is 1. The van der Waals surface area contributed by atoms with Crippen molar-refractivity contribution in [3.8, 4) is 22.9 Å². The molecule has 0 spiro atoms. The highest BCUT2D eigenvalue weighted by molar-refractivity contribution is 5.94. The first kappa shape index (κ1) is 18.1. The van der Waals surface area contributed by atoms with Crippen LogP contribution in [0.25, 0.3) is 11.3 Å². The third-order valence-corrected chi connectivity index (χ3v) is 3.80. The number of amides is 1. The maximum Gasteiger partial charge on any atom is 0.295 e. The van der Waals surface area contributed by atoms with Gasteiger partial charge in [0.2, 0.25) is 5.88 Å². The Morgan fingerprint density at radius 2 is 1.78 bits per heavy atom. The first-order chi connectivity index (χ1) is 13.0. The number of carbonyl (C=O) groups excluding carboxylic acids is 1. The van der Waals surface area contributed by atoms with E-state index in [1.54, 1.807) is 62.6 Å². The number of benzene rings is 2. The van der Waals surface area contributed by atoms with Crippen molar-refractivity contribution in [1.82, 2.24) is 9.88 Å². The topological polar surface area (TPSA) is 85.6 Å².